The molecule has 122 valence electrons. The van der Waals surface area contributed by atoms with Crippen LogP contribution in [0.3, 0.4) is 0 Å². The van der Waals surface area contributed by atoms with Gasteiger partial charge in [0.05, 0.1) is 20.3 Å². The number of aliphatic imine (C=N–C) groups is 1. The standard InChI is InChI=1S/C14H27NO5Si/c1-10(20-21(7,8)14(2,3)4)12(13(17)19-6)15-9-11(16)18-5/h9-10,12H,1-8H3/t10-,12+/m1/s1. The Balaban J connectivity index is 5.14. The number of carbonyl (C=O) groups is 2. The molecule has 0 spiro atoms. The zero-order chi connectivity index (χ0) is 16.8. The molecule has 7 heteroatoms. The molecule has 0 aromatic carbocycles. The summed E-state index contributed by atoms with van der Waals surface area (Å²) in [6, 6.07) is -0.886. The highest BCUT2D eigenvalue weighted by atomic mass is 28.4. The highest BCUT2D eigenvalue weighted by Gasteiger charge is 2.41. The number of nitrogens with zero attached hydrogens (tertiary/aromatic N) is 1. The summed E-state index contributed by atoms with van der Waals surface area (Å²) in [6.07, 6.45) is 0.492. The van der Waals surface area contributed by atoms with Gasteiger partial charge in [-0.3, -0.25) is 4.99 Å². The minimum absolute atomic E-state index is 0.00793. The summed E-state index contributed by atoms with van der Waals surface area (Å²) < 4.78 is 15.3. The van der Waals surface area contributed by atoms with Crippen molar-refractivity contribution in [3.8, 4) is 0 Å². The Labute approximate surface area is 128 Å². The lowest BCUT2D eigenvalue weighted by molar-refractivity contribution is -0.144. The van der Waals surface area contributed by atoms with E-state index in [0.717, 1.165) is 6.21 Å². The van der Waals surface area contributed by atoms with Crippen LogP contribution in [0.2, 0.25) is 18.1 Å². The molecule has 0 bridgehead atoms. The number of hydrogen-bond acceptors (Lipinski definition) is 6. The average Bonchev–Trinajstić information content (AvgIpc) is 2.36. The predicted octanol–water partition coefficient (Wildman–Crippen LogP) is 2.18. The summed E-state index contributed by atoms with van der Waals surface area (Å²) in [5.74, 6) is -1.16. The van der Waals surface area contributed by atoms with Crippen LogP contribution in [0.4, 0.5) is 0 Å². The Morgan fingerprint density at radius 2 is 1.67 bits per heavy atom. The van der Waals surface area contributed by atoms with Crippen molar-refractivity contribution in [2.45, 2.75) is 58.0 Å². The van der Waals surface area contributed by atoms with Gasteiger partial charge in [-0.15, -0.1) is 0 Å². The molecule has 21 heavy (non-hydrogen) atoms. The lowest BCUT2D eigenvalue weighted by atomic mass is 10.2. The third-order valence-electron chi connectivity index (χ3n) is 3.72. The Kier molecular flexibility index (Phi) is 7.25. The van der Waals surface area contributed by atoms with Gasteiger partial charge in [0.15, 0.2) is 14.4 Å². The van der Waals surface area contributed by atoms with E-state index in [1.54, 1.807) is 6.92 Å². The van der Waals surface area contributed by atoms with Crippen LogP contribution in [0, 0.1) is 0 Å². The summed E-state index contributed by atoms with van der Waals surface area (Å²) >= 11 is 0. The molecule has 0 heterocycles. The highest BCUT2D eigenvalue weighted by molar-refractivity contribution is 6.74. The summed E-state index contributed by atoms with van der Waals surface area (Å²) in [5, 5.41) is 0.00793. The van der Waals surface area contributed by atoms with Gasteiger partial charge in [-0.2, -0.15) is 0 Å². The zero-order valence-electron chi connectivity index (χ0n) is 14.2. The number of carbonyl (C=O) groups excluding carboxylic acids is 2. The van der Waals surface area contributed by atoms with Crippen LogP contribution in [0.5, 0.6) is 0 Å². The van der Waals surface area contributed by atoms with Gasteiger partial charge >= 0.3 is 11.9 Å². The highest BCUT2D eigenvalue weighted by Crippen LogP contribution is 2.37. The molecule has 0 aromatic heterocycles. The van der Waals surface area contributed by atoms with E-state index in [-0.39, 0.29) is 5.04 Å². The van der Waals surface area contributed by atoms with Gasteiger partial charge < -0.3 is 13.9 Å². The van der Waals surface area contributed by atoms with Crippen molar-refractivity contribution in [1.29, 1.82) is 0 Å². The maximum Gasteiger partial charge on any atom is 0.348 e. The van der Waals surface area contributed by atoms with Gasteiger partial charge in [0.25, 0.3) is 0 Å². The van der Waals surface area contributed by atoms with Crippen molar-refractivity contribution >= 4 is 26.5 Å². The Morgan fingerprint density at radius 1 is 1.14 bits per heavy atom. The van der Waals surface area contributed by atoms with Crippen molar-refractivity contribution in [1.82, 2.24) is 0 Å². The largest absolute Gasteiger partial charge is 0.467 e. The van der Waals surface area contributed by atoms with Crippen LogP contribution in [0.25, 0.3) is 0 Å². The van der Waals surface area contributed by atoms with Crippen LogP contribution in [0.15, 0.2) is 4.99 Å². The van der Waals surface area contributed by atoms with E-state index in [9.17, 15) is 9.59 Å². The minimum Gasteiger partial charge on any atom is -0.467 e. The Bertz CT molecular complexity index is 401. The normalized spacial score (nSPS) is 15.6. The van der Waals surface area contributed by atoms with Crippen LogP contribution < -0.4 is 0 Å². The molecule has 0 fully saturated rings. The fourth-order valence-electron chi connectivity index (χ4n) is 1.39. The second-order valence-corrected chi connectivity index (χ2v) is 11.1. The maximum absolute atomic E-state index is 11.8. The van der Waals surface area contributed by atoms with E-state index in [1.807, 2.05) is 0 Å². The van der Waals surface area contributed by atoms with Crippen LogP contribution >= 0.6 is 0 Å². The number of ether oxygens (including phenoxy) is 2. The SMILES string of the molecule is COC(=O)C=N[C@H](C(=O)OC)[C@@H](C)O[Si](C)(C)C(C)(C)C. The molecule has 2 atom stereocenters. The number of hydrogen-bond donors (Lipinski definition) is 0. The second kappa shape index (κ2) is 7.70. The molecule has 0 rings (SSSR count). The molecule has 0 unspecified atom stereocenters. The third-order valence-corrected chi connectivity index (χ3v) is 8.29. The number of rotatable bonds is 6. The molecule has 0 saturated carbocycles. The molecule has 0 aliphatic rings. The minimum atomic E-state index is -2.05. The molecular formula is C14H27NO5Si. The first kappa shape index (κ1) is 19.8. The zero-order valence-corrected chi connectivity index (χ0v) is 15.2. The summed E-state index contributed by atoms with van der Waals surface area (Å²) in [5.41, 5.74) is 0. The molecular weight excluding hydrogens is 290 g/mol. The van der Waals surface area contributed by atoms with E-state index in [1.165, 1.54) is 14.2 Å². The van der Waals surface area contributed by atoms with Gasteiger partial charge in [0, 0.05) is 0 Å². The van der Waals surface area contributed by atoms with E-state index in [2.05, 4.69) is 43.6 Å². The monoisotopic (exact) mass is 317 g/mol. The van der Waals surface area contributed by atoms with Gasteiger partial charge in [-0.25, -0.2) is 9.59 Å². The first-order valence-electron chi connectivity index (χ1n) is 6.83. The average molecular weight is 317 g/mol. The first-order valence-corrected chi connectivity index (χ1v) is 9.74. The fourth-order valence-corrected chi connectivity index (χ4v) is 2.81. The quantitative estimate of drug-likeness (QED) is 0.426. The smallest absolute Gasteiger partial charge is 0.348 e. The molecule has 0 aromatic rings. The van der Waals surface area contributed by atoms with Gasteiger partial charge in [-0.05, 0) is 25.1 Å². The van der Waals surface area contributed by atoms with Gasteiger partial charge in [-0.1, -0.05) is 20.8 Å². The first-order chi connectivity index (χ1) is 9.46. The molecule has 0 N–H and O–H groups in total. The second-order valence-electron chi connectivity index (χ2n) is 6.35. The number of esters is 2. The lowest BCUT2D eigenvalue weighted by Crippen LogP contribution is -2.47. The van der Waals surface area contributed by atoms with Crippen molar-refractivity contribution in [3.63, 3.8) is 0 Å². The van der Waals surface area contributed by atoms with E-state index in [4.69, 9.17) is 9.16 Å². The summed E-state index contributed by atoms with van der Waals surface area (Å²) in [7, 11) is 0.475. The van der Waals surface area contributed by atoms with E-state index < -0.39 is 32.4 Å². The van der Waals surface area contributed by atoms with Crippen LogP contribution in [0.1, 0.15) is 27.7 Å². The van der Waals surface area contributed by atoms with Crippen molar-refractivity contribution in [3.05, 3.63) is 0 Å². The molecule has 0 radical (unpaired) electrons. The molecule has 0 amide bonds. The van der Waals surface area contributed by atoms with Crippen molar-refractivity contribution in [2.24, 2.45) is 4.99 Å². The summed E-state index contributed by atoms with van der Waals surface area (Å²) in [6.45, 7) is 12.3. The molecule has 6 nitrogen and oxygen atoms in total. The fraction of sp³-hybridized carbons (Fsp3) is 0.786. The lowest BCUT2D eigenvalue weighted by Gasteiger charge is -2.39. The van der Waals surface area contributed by atoms with Crippen LogP contribution in [-0.4, -0.2) is 52.8 Å². The van der Waals surface area contributed by atoms with E-state index in [0.29, 0.717) is 0 Å². The topological polar surface area (TPSA) is 74.2 Å². The van der Waals surface area contributed by atoms with Crippen molar-refractivity contribution < 1.29 is 23.5 Å². The third kappa shape index (κ3) is 5.97. The molecule has 0 aliphatic heterocycles. The maximum atomic E-state index is 11.8. The van der Waals surface area contributed by atoms with E-state index >= 15 is 0 Å². The number of methoxy groups -OCH3 is 2. The molecule has 0 saturated heterocycles. The molecule has 0 aliphatic carbocycles. The van der Waals surface area contributed by atoms with Crippen molar-refractivity contribution in [2.75, 3.05) is 14.2 Å². The Hall–Kier alpha value is -1.21. The van der Waals surface area contributed by atoms with Crippen LogP contribution in [-0.2, 0) is 23.5 Å². The Morgan fingerprint density at radius 3 is 2.05 bits per heavy atom. The van der Waals surface area contributed by atoms with Gasteiger partial charge in [0.2, 0.25) is 0 Å². The predicted molar refractivity (Wildman–Crippen MR) is 84.1 cm³/mol. The summed E-state index contributed by atoms with van der Waals surface area (Å²) in [4.78, 5) is 26.9. The van der Waals surface area contributed by atoms with Gasteiger partial charge in [0.1, 0.15) is 6.21 Å².